The lowest BCUT2D eigenvalue weighted by atomic mass is 10.3. The number of nitrogens with zero attached hydrogens (tertiary/aromatic N) is 1. The molecule has 82 valence electrons. The molecule has 0 aliphatic heterocycles. The Hall–Kier alpha value is -0.840. The molecule has 0 spiro atoms. The summed E-state index contributed by atoms with van der Waals surface area (Å²) in [4.78, 5) is 1.08. The predicted octanol–water partition coefficient (Wildman–Crippen LogP) is 4.61. The van der Waals surface area contributed by atoms with Crippen molar-refractivity contribution in [1.82, 2.24) is 0 Å². The second kappa shape index (κ2) is 5.48. The summed E-state index contributed by atoms with van der Waals surface area (Å²) < 4.78 is 1.09. The lowest BCUT2D eigenvalue weighted by Gasteiger charge is -1.98. The molecule has 1 N–H and O–H groups in total. The molecule has 0 unspecified atom stereocenters. The smallest absolute Gasteiger partial charge is 0.0705 e. The quantitative estimate of drug-likeness (QED) is 0.649. The van der Waals surface area contributed by atoms with E-state index in [4.69, 9.17) is 11.6 Å². The highest BCUT2D eigenvalue weighted by molar-refractivity contribution is 9.11. The molecular formula is C11H8BrClN2S. The molecule has 5 heteroatoms. The van der Waals surface area contributed by atoms with Gasteiger partial charge in [0.1, 0.15) is 0 Å². The summed E-state index contributed by atoms with van der Waals surface area (Å²) in [5.41, 5.74) is 3.79. The minimum atomic E-state index is 0.694. The van der Waals surface area contributed by atoms with Gasteiger partial charge < -0.3 is 0 Å². The van der Waals surface area contributed by atoms with Gasteiger partial charge in [-0.1, -0.05) is 17.7 Å². The first-order chi connectivity index (χ1) is 7.74. The molecule has 0 aliphatic rings. The van der Waals surface area contributed by atoms with Crippen LogP contribution in [0, 0.1) is 0 Å². The minimum absolute atomic E-state index is 0.694. The molecule has 0 atom stereocenters. The van der Waals surface area contributed by atoms with Crippen molar-refractivity contribution in [3.63, 3.8) is 0 Å². The zero-order valence-corrected chi connectivity index (χ0v) is 11.3. The number of hydrogen-bond acceptors (Lipinski definition) is 3. The van der Waals surface area contributed by atoms with Crippen LogP contribution in [-0.2, 0) is 0 Å². The summed E-state index contributed by atoms with van der Waals surface area (Å²) in [7, 11) is 0. The van der Waals surface area contributed by atoms with Crippen molar-refractivity contribution in [1.29, 1.82) is 0 Å². The van der Waals surface area contributed by atoms with Crippen molar-refractivity contribution in [2.75, 3.05) is 5.43 Å². The van der Waals surface area contributed by atoms with E-state index in [-0.39, 0.29) is 0 Å². The monoisotopic (exact) mass is 314 g/mol. The SMILES string of the molecule is Clc1cccc(N/N=C\c2ccc(Br)s2)c1. The molecule has 2 rings (SSSR count). The molecular weight excluding hydrogens is 308 g/mol. The molecule has 0 amide bonds. The number of benzene rings is 1. The summed E-state index contributed by atoms with van der Waals surface area (Å²) in [5, 5.41) is 4.82. The Morgan fingerprint density at radius 3 is 2.88 bits per heavy atom. The van der Waals surface area contributed by atoms with E-state index in [0.717, 1.165) is 14.4 Å². The number of halogens is 2. The van der Waals surface area contributed by atoms with E-state index < -0.39 is 0 Å². The first-order valence-corrected chi connectivity index (χ1v) is 6.53. The van der Waals surface area contributed by atoms with Gasteiger partial charge in [-0.2, -0.15) is 5.10 Å². The highest BCUT2D eigenvalue weighted by Gasteiger charge is 1.93. The molecule has 2 aromatic rings. The van der Waals surface area contributed by atoms with Crippen LogP contribution >= 0.6 is 38.9 Å². The fourth-order valence-corrected chi connectivity index (χ4v) is 2.61. The molecule has 0 saturated carbocycles. The van der Waals surface area contributed by atoms with Gasteiger partial charge in [0.25, 0.3) is 0 Å². The normalized spacial score (nSPS) is 10.9. The van der Waals surface area contributed by atoms with Gasteiger partial charge in [-0.05, 0) is 46.3 Å². The minimum Gasteiger partial charge on any atom is -0.278 e. The third-order valence-electron chi connectivity index (χ3n) is 1.80. The van der Waals surface area contributed by atoms with E-state index in [9.17, 15) is 0 Å². The van der Waals surface area contributed by atoms with Gasteiger partial charge in [-0.15, -0.1) is 11.3 Å². The van der Waals surface area contributed by atoms with Crippen molar-refractivity contribution in [3.8, 4) is 0 Å². The van der Waals surface area contributed by atoms with Crippen molar-refractivity contribution >= 4 is 50.8 Å². The van der Waals surface area contributed by atoms with Gasteiger partial charge in [0.2, 0.25) is 0 Å². The van der Waals surface area contributed by atoms with E-state index in [2.05, 4.69) is 26.5 Å². The van der Waals surface area contributed by atoms with Crippen LogP contribution in [0.4, 0.5) is 5.69 Å². The molecule has 1 aromatic heterocycles. The third-order valence-corrected chi connectivity index (χ3v) is 3.60. The Labute approximate surface area is 111 Å². The van der Waals surface area contributed by atoms with E-state index in [1.807, 2.05) is 36.4 Å². The van der Waals surface area contributed by atoms with Crippen LogP contribution in [-0.4, -0.2) is 6.21 Å². The van der Waals surface area contributed by atoms with Gasteiger partial charge in [-0.3, -0.25) is 5.43 Å². The van der Waals surface area contributed by atoms with Crippen LogP contribution in [0.2, 0.25) is 5.02 Å². The Morgan fingerprint density at radius 2 is 2.19 bits per heavy atom. The van der Waals surface area contributed by atoms with Crippen LogP contribution < -0.4 is 5.43 Å². The van der Waals surface area contributed by atoms with Gasteiger partial charge in [0.15, 0.2) is 0 Å². The average Bonchev–Trinajstić information content (AvgIpc) is 2.64. The van der Waals surface area contributed by atoms with Crippen LogP contribution in [0.15, 0.2) is 45.3 Å². The van der Waals surface area contributed by atoms with E-state index in [1.54, 1.807) is 17.6 Å². The Kier molecular flexibility index (Phi) is 3.98. The number of rotatable bonds is 3. The highest BCUT2D eigenvalue weighted by Crippen LogP contribution is 2.20. The molecule has 1 aromatic carbocycles. The van der Waals surface area contributed by atoms with E-state index >= 15 is 0 Å². The summed E-state index contributed by atoms with van der Waals surface area (Å²) >= 11 is 10.9. The van der Waals surface area contributed by atoms with Crippen molar-refractivity contribution in [2.45, 2.75) is 0 Å². The number of hydrogen-bond donors (Lipinski definition) is 1. The van der Waals surface area contributed by atoms with Crippen molar-refractivity contribution in [3.05, 3.63) is 50.1 Å². The highest BCUT2D eigenvalue weighted by atomic mass is 79.9. The van der Waals surface area contributed by atoms with Crippen LogP contribution in [0.1, 0.15) is 4.88 Å². The number of anilines is 1. The van der Waals surface area contributed by atoms with Gasteiger partial charge >= 0.3 is 0 Å². The first kappa shape index (κ1) is 11.6. The third kappa shape index (κ3) is 3.33. The number of thiophene rings is 1. The predicted molar refractivity (Wildman–Crippen MR) is 74.7 cm³/mol. The zero-order valence-electron chi connectivity index (χ0n) is 8.15. The van der Waals surface area contributed by atoms with E-state index in [1.165, 1.54) is 0 Å². The second-order valence-electron chi connectivity index (χ2n) is 3.02. The van der Waals surface area contributed by atoms with Gasteiger partial charge in [0, 0.05) is 9.90 Å². The largest absolute Gasteiger partial charge is 0.278 e. The fourth-order valence-electron chi connectivity index (χ4n) is 1.13. The van der Waals surface area contributed by atoms with Crippen LogP contribution in [0.25, 0.3) is 0 Å². The average molecular weight is 316 g/mol. The lowest BCUT2D eigenvalue weighted by Crippen LogP contribution is -1.88. The zero-order chi connectivity index (χ0) is 11.4. The molecule has 0 aliphatic carbocycles. The number of nitrogens with one attached hydrogen (secondary N) is 1. The van der Waals surface area contributed by atoms with Gasteiger partial charge in [-0.25, -0.2) is 0 Å². The summed E-state index contributed by atoms with van der Waals surface area (Å²) in [5.74, 6) is 0. The molecule has 0 saturated heterocycles. The molecule has 1 heterocycles. The maximum atomic E-state index is 5.85. The second-order valence-corrected chi connectivity index (χ2v) is 5.95. The standard InChI is InChI=1S/C11H8BrClN2S/c12-11-5-4-10(16-11)7-14-15-9-3-1-2-8(13)6-9/h1-7,15H/b14-7-. The molecule has 0 radical (unpaired) electrons. The van der Waals surface area contributed by atoms with E-state index in [0.29, 0.717) is 5.02 Å². The molecule has 0 bridgehead atoms. The van der Waals surface area contributed by atoms with Crippen LogP contribution in [0.5, 0.6) is 0 Å². The van der Waals surface area contributed by atoms with Crippen molar-refractivity contribution in [2.24, 2.45) is 5.10 Å². The Morgan fingerprint density at radius 1 is 1.31 bits per heavy atom. The summed E-state index contributed by atoms with van der Waals surface area (Å²) in [6, 6.07) is 11.4. The summed E-state index contributed by atoms with van der Waals surface area (Å²) in [6.07, 6.45) is 1.77. The maximum absolute atomic E-state index is 5.85. The first-order valence-electron chi connectivity index (χ1n) is 4.54. The topological polar surface area (TPSA) is 24.4 Å². The fraction of sp³-hybridized carbons (Fsp3) is 0. The molecule has 0 fully saturated rings. The Balaban J connectivity index is 1.99. The van der Waals surface area contributed by atoms with Crippen molar-refractivity contribution < 1.29 is 0 Å². The Bertz CT molecular complexity index is 510. The van der Waals surface area contributed by atoms with Gasteiger partial charge in [0.05, 0.1) is 15.7 Å². The summed E-state index contributed by atoms with van der Waals surface area (Å²) in [6.45, 7) is 0. The molecule has 2 nitrogen and oxygen atoms in total. The van der Waals surface area contributed by atoms with Crippen LogP contribution in [0.3, 0.4) is 0 Å². The lowest BCUT2D eigenvalue weighted by molar-refractivity contribution is 1.35. The molecule has 16 heavy (non-hydrogen) atoms. The number of hydrazone groups is 1. The maximum Gasteiger partial charge on any atom is 0.0705 e.